The molecule has 1 atom stereocenters. The summed E-state index contributed by atoms with van der Waals surface area (Å²) in [6, 6.07) is 30.0. The third-order valence-corrected chi connectivity index (χ3v) is 7.22. The molecule has 4 aromatic rings. The number of ether oxygens (including phenoxy) is 1. The SMILES string of the molecule is Brc1ccc2c(c1)C1(c3ccccc3C=C2)c2ccccc2Oc2c(Br)cccc21. The van der Waals surface area contributed by atoms with E-state index in [1.165, 1.54) is 22.3 Å². The lowest BCUT2D eigenvalue weighted by Crippen LogP contribution is -2.35. The van der Waals surface area contributed by atoms with Gasteiger partial charge in [-0.25, -0.2) is 0 Å². The van der Waals surface area contributed by atoms with Gasteiger partial charge in [0, 0.05) is 15.6 Å². The van der Waals surface area contributed by atoms with Crippen molar-refractivity contribution in [1.82, 2.24) is 0 Å². The fourth-order valence-corrected chi connectivity index (χ4v) is 5.72. The van der Waals surface area contributed by atoms with E-state index in [1.807, 2.05) is 12.1 Å². The van der Waals surface area contributed by atoms with Crippen molar-refractivity contribution >= 4 is 44.0 Å². The summed E-state index contributed by atoms with van der Waals surface area (Å²) in [6.07, 6.45) is 4.46. The Labute approximate surface area is 192 Å². The first-order chi connectivity index (χ1) is 14.7. The highest BCUT2D eigenvalue weighted by atomic mass is 79.9. The molecule has 3 heteroatoms. The molecule has 0 bridgehead atoms. The van der Waals surface area contributed by atoms with E-state index >= 15 is 0 Å². The number of benzene rings is 4. The molecule has 2 aliphatic rings. The molecule has 6 rings (SSSR count). The number of para-hydroxylation sites is 2. The van der Waals surface area contributed by atoms with E-state index in [0.717, 1.165) is 31.6 Å². The van der Waals surface area contributed by atoms with Crippen molar-refractivity contribution in [2.45, 2.75) is 5.41 Å². The second kappa shape index (κ2) is 6.69. The summed E-state index contributed by atoms with van der Waals surface area (Å²) in [7, 11) is 0. The molecule has 0 aromatic heterocycles. The molecule has 1 nitrogen and oxygen atoms in total. The molecule has 0 saturated carbocycles. The normalized spacial score (nSPS) is 17.9. The predicted molar refractivity (Wildman–Crippen MR) is 129 cm³/mol. The van der Waals surface area contributed by atoms with E-state index < -0.39 is 5.41 Å². The molecule has 1 spiro atoms. The van der Waals surface area contributed by atoms with Gasteiger partial charge in [0.15, 0.2) is 0 Å². The van der Waals surface area contributed by atoms with Crippen molar-refractivity contribution in [1.29, 1.82) is 0 Å². The van der Waals surface area contributed by atoms with Gasteiger partial charge in [0.1, 0.15) is 11.5 Å². The standard InChI is InChI=1S/C27H16Br2O/c28-19-15-14-18-13-12-17-6-1-2-7-20(17)27(23(18)16-19)21-8-3-4-11-25(21)30-26-22(27)9-5-10-24(26)29/h1-16H. The first-order valence-corrected chi connectivity index (χ1v) is 11.4. The molecule has 0 fully saturated rings. The molecule has 1 unspecified atom stereocenters. The van der Waals surface area contributed by atoms with Crippen molar-refractivity contribution in [3.8, 4) is 11.5 Å². The topological polar surface area (TPSA) is 9.23 Å². The van der Waals surface area contributed by atoms with Gasteiger partial charge in [-0.3, -0.25) is 0 Å². The highest BCUT2D eigenvalue weighted by molar-refractivity contribution is 9.10. The molecule has 1 aliphatic carbocycles. The maximum atomic E-state index is 6.46. The number of hydrogen-bond donors (Lipinski definition) is 0. The average molecular weight is 516 g/mol. The Morgan fingerprint density at radius 2 is 1.30 bits per heavy atom. The Morgan fingerprint density at radius 1 is 0.600 bits per heavy atom. The Kier molecular flexibility index (Phi) is 4.06. The molecule has 0 radical (unpaired) electrons. The molecular formula is C27H16Br2O. The summed E-state index contributed by atoms with van der Waals surface area (Å²) in [6.45, 7) is 0. The zero-order valence-electron chi connectivity index (χ0n) is 15.9. The summed E-state index contributed by atoms with van der Waals surface area (Å²) >= 11 is 7.48. The van der Waals surface area contributed by atoms with E-state index in [0.29, 0.717) is 0 Å². The lowest BCUT2D eigenvalue weighted by molar-refractivity contribution is 0.431. The fraction of sp³-hybridized carbons (Fsp3) is 0.0370. The zero-order valence-corrected chi connectivity index (χ0v) is 19.1. The Bertz CT molecular complexity index is 1350. The smallest absolute Gasteiger partial charge is 0.146 e. The first-order valence-electron chi connectivity index (χ1n) is 9.83. The van der Waals surface area contributed by atoms with Crippen LogP contribution in [0.3, 0.4) is 0 Å². The van der Waals surface area contributed by atoms with Gasteiger partial charge < -0.3 is 4.74 Å². The maximum Gasteiger partial charge on any atom is 0.146 e. The summed E-state index contributed by atoms with van der Waals surface area (Å²) < 4.78 is 8.48. The van der Waals surface area contributed by atoms with Gasteiger partial charge in [0.2, 0.25) is 0 Å². The van der Waals surface area contributed by atoms with Gasteiger partial charge in [-0.1, -0.05) is 88.7 Å². The second-order valence-electron chi connectivity index (χ2n) is 7.62. The zero-order chi connectivity index (χ0) is 20.3. The third kappa shape index (κ3) is 2.39. The Hall–Kier alpha value is -2.62. The van der Waals surface area contributed by atoms with Crippen LogP contribution in [0.15, 0.2) is 93.9 Å². The molecule has 144 valence electrons. The van der Waals surface area contributed by atoms with Crippen molar-refractivity contribution < 1.29 is 4.74 Å². The predicted octanol–water partition coefficient (Wildman–Crippen LogP) is 8.18. The summed E-state index contributed by atoms with van der Waals surface area (Å²) in [5.41, 5.74) is 6.73. The fourth-order valence-electron chi connectivity index (χ4n) is 4.92. The van der Waals surface area contributed by atoms with E-state index in [9.17, 15) is 0 Å². The van der Waals surface area contributed by atoms with Crippen LogP contribution in [0.25, 0.3) is 12.2 Å². The van der Waals surface area contributed by atoms with Crippen LogP contribution >= 0.6 is 31.9 Å². The monoisotopic (exact) mass is 514 g/mol. The Balaban J connectivity index is 1.89. The third-order valence-electron chi connectivity index (χ3n) is 6.10. The van der Waals surface area contributed by atoms with Gasteiger partial charge in [-0.2, -0.15) is 0 Å². The number of rotatable bonds is 0. The van der Waals surface area contributed by atoms with Gasteiger partial charge in [0.05, 0.1) is 9.89 Å². The molecule has 1 heterocycles. The summed E-state index contributed by atoms with van der Waals surface area (Å²) in [4.78, 5) is 0. The largest absolute Gasteiger partial charge is 0.455 e. The molecular weight excluding hydrogens is 500 g/mol. The van der Waals surface area contributed by atoms with Crippen molar-refractivity contribution in [3.63, 3.8) is 0 Å². The van der Waals surface area contributed by atoms with Crippen LogP contribution in [0.5, 0.6) is 11.5 Å². The van der Waals surface area contributed by atoms with Gasteiger partial charge >= 0.3 is 0 Å². The minimum absolute atomic E-state index is 0.493. The molecule has 1 aliphatic heterocycles. The van der Waals surface area contributed by atoms with Crippen LogP contribution in [0.2, 0.25) is 0 Å². The highest BCUT2D eigenvalue weighted by Gasteiger charge is 2.48. The lowest BCUT2D eigenvalue weighted by atomic mass is 9.62. The highest BCUT2D eigenvalue weighted by Crippen LogP contribution is 2.59. The van der Waals surface area contributed by atoms with Crippen LogP contribution < -0.4 is 4.74 Å². The van der Waals surface area contributed by atoms with Gasteiger partial charge in [-0.15, -0.1) is 0 Å². The molecule has 0 saturated heterocycles. The first kappa shape index (κ1) is 18.2. The minimum atomic E-state index is -0.493. The Morgan fingerprint density at radius 3 is 2.17 bits per heavy atom. The summed E-state index contributed by atoms with van der Waals surface area (Å²) in [5, 5.41) is 0. The quantitative estimate of drug-likeness (QED) is 0.198. The minimum Gasteiger partial charge on any atom is -0.455 e. The van der Waals surface area contributed by atoms with Crippen molar-refractivity contribution in [2.75, 3.05) is 0 Å². The van der Waals surface area contributed by atoms with Crippen molar-refractivity contribution in [3.05, 3.63) is 127 Å². The van der Waals surface area contributed by atoms with Crippen LogP contribution in [0.1, 0.15) is 33.4 Å². The molecule has 0 N–H and O–H groups in total. The van der Waals surface area contributed by atoms with Crippen LogP contribution in [0.4, 0.5) is 0 Å². The van der Waals surface area contributed by atoms with E-state index in [2.05, 4.69) is 117 Å². The second-order valence-corrected chi connectivity index (χ2v) is 9.39. The van der Waals surface area contributed by atoms with Gasteiger partial charge in [-0.05, 0) is 62.4 Å². The average Bonchev–Trinajstić information content (AvgIpc) is 2.91. The summed E-state index contributed by atoms with van der Waals surface area (Å²) in [5.74, 6) is 1.76. The number of halogens is 2. The van der Waals surface area contributed by atoms with Crippen LogP contribution in [-0.2, 0) is 5.41 Å². The molecule has 4 aromatic carbocycles. The van der Waals surface area contributed by atoms with Crippen LogP contribution in [0, 0.1) is 0 Å². The van der Waals surface area contributed by atoms with E-state index in [1.54, 1.807) is 0 Å². The molecule has 30 heavy (non-hydrogen) atoms. The van der Waals surface area contributed by atoms with E-state index in [4.69, 9.17) is 4.74 Å². The van der Waals surface area contributed by atoms with Crippen LogP contribution in [-0.4, -0.2) is 0 Å². The maximum absolute atomic E-state index is 6.46. The lowest BCUT2D eigenvalue weighted by Gasteiger charge is -2.42. The van der Waals surface area contributed by atoms with E-state index in [-0.39, 0.29) is 0 Å². The van der Waals surface area contributed by atoms with Crippen molar-refractivity contribution in [2.24, 2.45) is 0 Å². The molecule has 0 amide bonds. The van der Waals surface area contributed by atoms with Gasteiger partial charge in [0.25, 0.3) is 0 Å². The number of hydrogen-bond acceptors (Lipinski definition) is 1. The number of fused-ring (bicyclic) bond motifs is 8.